The maximum atomic E-state index is 12.3. The van der Waals surface area contributed by atoms with Crippen molar-refractivity contribution in [2.24, 2.45) is 0 Å². The van der Waals surface area contributed by atoms with Crippen molar-refractivity contribution in [1.29, 1.82) is 0 Å². The summed E-state index contributed by atoms with van der Waals surface area (Å²) < 4.78 is 10.6. The molecule has 0 aliphatic carbocycles. The molecular weight excluding hydrogens is 304 g/mol. The van der Waals surface area contributed by atoms with Gasteiger partial charge in [0.1, 0.15) is 24.9 Å². The lowest BCUT2D eigenvalue weighted by Gasteiger charge is -2.51. The molecule has 0 unspecified atom stereocenters. The number of carbonyl (C=O) groups excluding carboxylic acids is 2. The summed E-state index contributed by atoms with van der Waals surface area (Å²) in [6, 6.07) is 0. The smallest absolute Gasteiger partial charge is 0.410 e. The molecule has 0 aromatic carbocycles. The predicted molar refractivity (Wildman–Crippen MR) is 78.7 cm³/mol. The number of hydrogen-bond acceptors (Lipinski definition) is 6. The minimum Gasteiger partial charge on any atom is -0.448 e. The van der Waals surface area contributed by atoms with Gasteiger partial charge in [-0.3, -0.25) is 9.69 Å². The number of nitrogens with zero attached hydrogens (tertiary/aromatic N) is 2. The number of likely N-dealkylation sites (tertiary alicyclic amines) is 1. The van der Waals surface area contributed by atoms with Gasteiger partial charge in [0.15, 0.2) is 0 Å². The van der Waals surface area contributed by atoms with E-state index in [1.54, 1.807) is 11.8 Å². The lowest BCUT2D eigenvalue weighted by Crippen LogP contribution is -2.64. The highest BCUT2D eigenvalue weighted by Gasteiger charge is 2.52. The van der Waals surface area contributed by atoms with Gasteiger partial charge in [0.2, 0.25) is 5.91 Å². The first-order chi connectivity index (χ1) is 10.8. The number of amides is 2. The largest absolute Gasteiger partial charge is 0.448 e. The van der Waals surface area contributed by atoms with Gasteiger partial charge in [-0.05, 0) is 19.8 Å². The molecule has 3 rings (SSSR count). The first-order valence-electron chi connectivity index (χ1n) is 8.08. The van der Waals surface area contributed by atoms with Crippen molar-refractivity contribution in [1.82, 2.24) is 9.80 Å². The molecule has 0 saturated carbocycles. The SMILES string of the molecule is C[C@@]1(O)CCOC2(CCN(C(=O)CN3CCOC3=O)CC2)[C@H]1O. The van der Waals surface area contributed by atoms with Crippen molar-refractivity contribution in [2.75, 3.05) is 39.4 Å². The number of aliphatic hydroxyl groups excluding tert-OH is 1. The fourth-order valence-electron chi connectivity index (χ4n) is 3.63. The van der Waals surface area contributed by atoms with Crippen LogP contribution < -0.4 is 0 Å². The summed E-state index contributed by atoms with van der Waals surface area (Å²) in [6.07, 6.45) is -0.0696. The van der Waals surface area contributed by atoms with Crippen LogP contribution in [0.1, 0.15) is 26.2 Å². The van der Waals surface area contributed by atoms with Crippen molar-refractivity contribution < 1.29 is 29.3 Å². The molecule has 2 N–H and O–H groups in total. The molecule has 3 heterocycles. The van der Waals surface area contributed by atoms with Gasteiger partial charge in [-0.15, -0.1) is 0 Å². The Hall–Kier alpha value is -1.38. The minimum atomic E-state index is -1.16. The molecule has 3 fully saturated rings. The number of rotatable bonds is 2. The molecule has 8 nitrogen and oxygen atoms in total. The summed E-state index contributed by atoms with van der Waals surface area (Å²) in [7, 11) is 0. The van der Waals surface area contributed by atoms with Gasteiger partial charge in [0.05, 0.1) is 18.8 Å². The first kappa shape index (κ1) is 16.5. The number of cyclic esters (lactones) is 1. The molecule has 1 spiro atoms. The molecule has 0 aromatic heterocycles. The zero-order chi connectivity index (χ0) is 16.7. The molecule has 2 amide bonds. The third-order valence-corrected chi connectivity index (χ3v) is 5.22. The summed E-state index contributed by atoms with van der Waals surface area (Å²) in [5, 5.41) is 20.7. The van der Waals surface area contributed by atoms with E-state index in [1.165, 1.54) is 4.90 Å². The van der Waals surface area contributed by atoms with Crippen LogP contribution in [0.15, 0.2) is 0 Å². The quantitative estimate of drug-likeness (QED) is 0.698. The van der Waals surface area contributed by atoms with Crippen LogP contribution >= 0.6 is 0 Å². The van der Waals surface area contributed by atoms with Crippen LogP contribution in [0.3, 0.4) is 0 Å². The van der Waals surface area contributed by atoms with Gasteiger partial charge in [-0.2, -0.15) is 0 Å². The Morgan fingerprint density at radius 3 is 2.57 bits per heavy atom. The highest BCUT2D eigenvalue weighted by molar-refractivity contribution is 5.83. The molecule has 8 heteroatoms. The van der Waals surface area contributed by atoms with Crippen LogP contribution in [0.5, 0.6) is 0 Å². The van der Waals surface area contributed by atoms with E-state index in [0.717, 1.165) is 0 Å². The molecule has 23 heavy (non-hydrogen) atoms. The van der Waals surface area contributed by atoms with E-state index in [2.05, 4.69) is 0 Å². The number of aliphatic hydroxyl groups is 2. The van der Waals surface area contributed by atoms with Crippen LogP contribution in [-0.2, 0) is 14.3 Å². The van der Waals surface area contributed by atoms with E-state index >= 15 is 0 Å². The lowest BCUT2D eigenvalue weighted by atomic mass is 9.75. The maximum absolute atomic E-state index is 12.3. The Morgan fingerprint density at radius 1 is 1.26 bits per heavy atom. The van der Waals surface area contributed by atoms with Gasteiger partial charge < -0.3 is 24.6 Å². The molecule has 0 radical (unpaired) electrons. The van der Waals surface area contributed by atoms with Crippen LogP contribution in [0.2, 0.25) is 0 Å². The van der Waals surface area contributed by atoms with Gasteiger partial charge in [-0.1, -0.05) is 0 Å². The number of carbonyl (C=O) groups is 2. The number of ether oxygens (including phenoxy) is 2. The first-order valence-corrected chi connectivity index (χ1v) is 8.08. The Morgan fingerprint density at radius 2 is 1.96 bits per heavy atom. The second-order valence-corrected chi connectivity index (χ2v) is 6.84. The third-order valence-electron chi connectivity index (χ3n) is 5.22. The number of hydrogen-bond donors (Lipinski definition) is 2. The highest BCUT2D eigenvalue weighted by Crippen LogP contribution is 2.39. The molecule has 2 atom stereocenters. The number of piperidine rings is 1. The standard InChI is InChI=1S/C15H24N2O6/c1-14(21)4-8-23-15(12(14)19)2-5-16(6-3-15)11(18)10-17-7-9-22-13(17)20/h12,19,21H,2-10H2,1H3/t12-,14+/m0/s1. The van der Waals surface area contributed by atoms with Gasteiger partial charge in [-0.25, -0.2) is 4.79 Å². The molecule has 0 aromatic rings. The fraction of sp³-hybridized carbons (Fsp3) is 0.867. The summed E-state index contributed by atoms with van der Waals surface area (Å²) in [5.41, 5.74) is -1.95. The molecular formula is C15H24N2O6. The summed E-state index contributed by atoms with van der Waals surface area (Å²) >= 11 is 0. The molecule has 3 aliphatic rings. The van der Waals surface area contributed by atoms with Crippen molar-refractivity contribution in [2.45, 2.75) is 43.5 Å². The van der Waals surface area contributed by atoms with Gasteiger partial charge in [0, 0.05) is 19.5 Å². The van der Waals surface area contributed by atoms with Crippen molar-refractivity contribution in [3.05, 3.63) is 0 Å². The van der Waals surface area contributed by atoms with Crippen molar-refractivity contribution in [3.63, 3.8) is 0 Å². The second kappa shape index (κ2) is 5.92. The lowest BCUT2D eigenvalue weighted by molar-refractivity contribution is -0.245. The van der Waals surface area contributed by atoms with Crippen molar-refractivity contribution >= 4 is 12.0 Å². The van der Waals surface area contributed by atoms with Crippen LogP contribution in [-0.4, -0.2) is 88.7 Å². The Bertz CT molecular complexity index is 486. The van der Waals surface area contributed by atoms with Crippen LogP contribution in [0, 0.1) is 0 Å². The van der Waals surface area contributed by atoms with Gasteiger partial charge in [0.25, 0.3) is 0 Å². The molecule has 3 saturated heterocycles. The zero-order valence-corrected chi connectivity index (χ0v) is 13.4. The minimum absolute atomic E-state index is 0.0208. The van der Waals surface area contributed by atoms with Crippen molar-refractivity contribution in [3.8, 4) is 0 Å². The Kier molecular flexibility index (Phi) is 4.24. The van der Waals surface area contributed by atoms with E-state index in [0.29, 0.717) is 52.1 Å². The van der Waals surface area contributed by atoms with Crippen LogP contribution in [0.25, 0.3) is 0 Å². The second-order valence-electron chi connectivity index (χ2n) is 6.84. The predicted octanol–water partition coefficient (Wildman–Crippen LogP) is -0.668. The van der Waals surface area contributed by atoms with E-state index in [9.17, 15) is 19.8 Å². The van der Waals surface area contributed by atoms with E-state index in [4.69, 9.17) is 9.47 Å². The average Bonchev–Trinajstić information content (AvgIpc) is 2.91. The van der Waals surface area contributed by atoms with E-state index in [1.807, 2.05) is 0 Å². The summed E-state index contributed by atoms with van der Waals surface area (Å²) in [5.74, 6) is -0.129. The summed E-state index contributed by atoms with van der Waals surface area (Å²) in [4.78, 5) is 26.8. The Balaban J connectivity index is 1.57. The topological polar surface area (TPSA) is 99.5 Å². The molecule has 130 valence electrons. The molecule has 3 aliphatic heterocycles. The fourth-order valence-corrected chi connectivity index (χ4v) is 3.63. The van der Waals surface area contributed by atoms with E-state index in [-0.39, 0.29) is 12.5 Å². The third kappa shape index (κ3) is 3.02. The average molecular weight is 328 g/mol. The zero-order valence-electron chi connectivity index (χ0n) is 13.4. The maximum Gasteiger partial charge on any atom is 0.410 e. The van der Waals surface area contributed by atoms with E-state index < -0.39 is 23.4 Å². The normalized spacial score (nSPS) is 33.9. The van der Waals surface area contributed by atoms with Gasteiger partial charge >= 0.3 is 6.09 Å². The Labute approximate surface area is 134 Å². The van der Waals surface area contributed by atoms with Crippen LogP contribution in [0.4, 0.5) is 4.79 Å². The monoisotopic (exact) mass is 328 g/mol. The molecule has 0 bridgehead atoms. The highest BCUT2D eigenvalue weighted by atomic mass is 16.6. The summed E-state index contributed by atoms with van der Waals surface area (Å²) in [6.45, 7) is 3.68.